The third-order valence-corrected chi connectivity index (χ3v) is 4.55. The highest BCUT2D eigenvalue weighted by atomic mass is 16.5. The van der Waals surface area contributed by atoms with Crippen molar-refractivity contribution >= 4 is 17.9 Å². The maximum absolute atomic E-state index is 10.3. The molecule has 11 heteroatoms. The first-order valence-electron chi connectivity index (χ1n) is 10.5. The minimum atomic E-state index is -2.74. The van der Waals surface area contributed by atoms with E-state index in [9.17, 15) is 14.4 Å². The SMILES string of the molecule is COCCCN(Cc1ccccn1)Cc1cccc(C)n1.O=C(O)CC(O)(CC(=O)O)C(=O)O. The number of aryl methyl sites for hydroxylation is 1. The molecule has 0 radical (unpaired) electrons. The topological polar surface area (TPSA) is 170 Å². The van der Waals surface area contributed by atoms with Gasteiger partial charge in [-0.15, -0.1) is 0 Å². The highest BCUT2D eigenvalue weighted by molar-refractivity contribution is 5.88. The van der Waals surface area contributed by atoms with Gasteiger partial charge in [0.1, 0.15) is 0 Å². The number of pyridine rings is 2. The van der Waals surface area contributed by atoms with E-state index in [1.807, 2.05) is 31.3 Å². The number of carboxylic acid groups (broad SMARTS) is 3. The lowest BCUT2D eigenvalue weighted by Gasteiger charge is -2.21. The van der Waals surface area contributed by atoms with Crippen molar-refractivity contribution in [3.8, 4) is 0 Å². The minimum absolute atomic E-state index is 0.778. The lowest BCUT2D eigenvalue weighted by atomic mass is 9.96. The lowest BCUT2D eigenvalue weighted by molar-refractivity contribution is -0.170. The van der Waals surface area contributed by atoms with Crippen LogP contribution in [0.2, 0.25) is 0 Å². The number of hydrogen-bond donors (Lipinski definition) is 4. The highest BCUT2D eigenvalue weighted by Crippen LogP contribution is 2.15. The van der Waals surface area contributed by atoms with Gasteiger partial charge in [0.05, 0.1) is 24.2 Å². The van der Waals surface area contributed by atoms with Crippen LogP contribution in [0.1, 0.15) is 36.3 Å². The highest BCUT2D eigenvalue weighted by Gasteiger charge is 2.40. The van der Waals surface area contributed by atoms with Crippen LogP contribution in [0, 0.1) is 6.92 Å². The van der Waals surface area contributed by atoms with E-state index in [4.69, 9.17) is 25.2 Å². The molecule has 0 saturated carbocycles. The monoisotopic (exact) mass is 477 g/mol. The number of aromatic nitrogens is 2. The molecule has 0 unspecified atom stereocenters. The molecule has 11 nitrogen and oxygen atoms in total. The Morgan fingerprint density at radius 1 is 0.971 bits per heavy atom. The second-order valence-corrected chi connectivity index (χ2v) is 7.63. The molecule has 2 heterocycles. The van der Waals surface area contributed by atoms with Gasteiger partial charge in [0.2, 0.25) is 0 Å². The number of aliphatic hydroxyl groups is 1. The molecular weight excluding hydrogens is 446 g/mol. The van der Waals surface area contributed by atoms with Crippen molar-refractivity contribution in [2.45, 2.75) is 44.9 Å². The van der Waals surface area contributed by atoms with Crippen molar-refractivity contribution in [1.82, 2.24) is 14.9 Å². The summed E-state index contributed by atoms with van der Waals surface area (Å²) in [6, 6.07) is 12.2. The number of rotatable bonds is 13. The molecule has 0 fully saturated rings. The first kappa shape index (κ1) is 28.6. The molecule has 0 saturated heterocycles. The number of nitrogens with zero attached hydrogens (tertiary/aromatic N) is 3. The van der Waals surface area contributed by atoms with Crippen LogP contribution >= 0.6 is 0 Å². The summed E-state index contributed by atoms with van der Waals surface area (Å²) < 4.78 is 5.15. The molecule has 186 valence electrons. The molecule has 4 N–H and O–H groups in total. The van der Waals surface area contributed by atoms with Gasteiger partial charge in [-0.05, 0) is 37.6 Å². The number of ether oxygens (including phenoxy) is 1. The van der Waals surface area contributed by atoms with Gasteiger partial charge < -0.3 is 25.2 Å². The first-order valence-corrected chi connectivity index (χ1v) is 10.5. The molecule has 0 amide bonds. The average Bonchev–Trinajstić information content (AvgIpc) is 2.74. The fourth-order valence-corrected chi connectivity index (χ4v) is 3.00. The largest absolute Gasteiger partial charge is 0.481 e. The van der Waals surface area contributed by atoms with E-state index in [1.54, 1.807) is 7.11 Å². The summed E-state index contributed by atoms with van der Waals surface area (Å²) in [7, 11) is 1.74. The Labute approximate surface area is 197 Å². The van der Waals surface area contributed by atoms with Crippen LogP contribution < -0.4 is 0 Å². The number of carbonyl (C=O) groups is 3. The molecule has 2 aromatic heterocycles. The zero-order valence-corrected chi connectivity index (χ0v) is 19.3. The summed E-state index contributed by atoms with van der Waals surface area (Å²) >= 11 is 0. The van der Waals surface area contributed by atoms with Crippen molar-refractivity contribution in [1.29, 1.82) is 0 Å². The second-order valence-electron chi connectivity index (χ2n) is 7.63. The Kier molecular flexibility index (Phi) is 12.4. The molecule has 0 aliphatic heterocycles. The van der Waals surface area contributed by atoms with Crippen molar-refractivity contribution in [3.63, 3.8) is 0 Å². The average molecular weight is 478 g/mol. The molecular formula is C23H31N3O8. The van der Waals surface area contributed by atoms with E-state index in [1.165, 1.54) is 0 Å². The summed E-state index contributed by atoms with van der Waals surface area (Å²) in [5, 5.41) is 33.8. The lowest BCUT2D eigenvalue weighted by Crippen LogP contribution is -2.42. The maximum atomic E-state index is 10.3. The zero-order chi connectivity index (χ0) is 25.6. The molecule has 0 aromatic carbocycles. The van der Waals surface area contributed by atoms with Crippen molar-refractivity contribution in [2.24, 2.45) is 0 Å². The van der Waals surface area contributed by atoms with Crippen LogP contribution in [0.15, 0.2) is 42.6 Å². The van der Waals surface area contributed by atoms with Crippen LogP contribution in [-0.4, -0.2) is 79.1 Å². The predicted octanol–water partition coefficient (Wildman–Crippen LogP) is 1.58. The zero-order valence-electron chi connectivity index (χ0n) is 19.3. The number of hydrogen-bond acceptors (Lipinski definition) is 8. The first-order chi connectivity index (χ1) is 16.1. The summed E-state index contributed by atoms with van der Waals surface area (Å²) in [6.45, 7) is 5.44. The summed E-state index contributed by atoms with van der Waals surface area (Å²) in [5.41, 5.74) is 0.505. The fourth-order valence-electron chi connectivity index (χ4n) is 3.00. The van der Waals surface area contributed by atoms with Crippen molar-refractivity contribution in [3.05, 3.63) is 59.7 Å². The van der Waals surface area contributed by atoms with Gasteiger partial charge in [0.25, 0.3) is 0 Å². The van der Waals surface area contributed by atoms with Crippen molar-refractivity contribution in [2.75, 3.05) is 20.3 Å². The van der Waals surface area contributed by atoms with E-state index in [0.717, 1.165) is 49.7 Å². The smallest absolute Gasteiger partial charge is 0.336 e. The van der Waals surface area contributed by atoms with Crippen LogP contribution in [0.3, 0.4) is 0 Å². The van der Waals surface area contributed by atoms with Crippen LogP contribution in [0.4, 0.5) is 0 Å². The van der Waals surface area contributed by atoms with E-state index in [-0.39, 0.29) is 0 Å². The molecule has 0 bridgehead atoms. The van der Waals surface area contributed by atoms with Crippen molar-refractivity contribution < 1.29 is 39.5 Å². The van der Waals surface area contributed by atoms with Gasteiger partial charge in [0.15, 0.2) is 5.60 Å². The molecule has 0 aliphatic carbocycles. The number of carboxylic acids is 3. The Bertz CT molecular complexity index is 907. The summed E-state index contributed by atoms with van der Waals surface area (Å²) in [6.07, 6.45) is 0.562. The number of aliphatic carboxylic acids is 3. The molecule has 34 heavy (non-hydrogen) atoms. The quantitative estimate of drug-likeness (QED) is 0.309. The van der Waals surface area contributed by atoms with Gasteiger partial charge in [0, 0.05) is 45.2 Å². The maximum Gasteiger partial charge on any atom is 0.336 e. The van der Waals surface area contributed by atoms with E-state index in [2.05, 4.69) is 33.1 Å². The third-order valence-electron chi connectivity index (χ3n) is 4.55. The van der Waals surface area contributed by atoms with Gasteiger partial charge in [-0.25, -0.2) is 4.79 Å². The Morgan fingerprint density at radius 3 is 2.09 bits per heavy atom. The fraction of sp³-hybridized carbons (Fsp3) is 0.435. The molecule has 2 rings (SSSR count). The molecule has 0 spiro atoms. The predicted molar refractivity (Wildman–Crippen MR) is 121 cm³/mol. The Hall–Kier alpha value is -3.41. The normalized spacial score (nSPS) is 10.9. The second kappa shape index (κ2) is 14.7. The minimum Gasteiger partial charge on any atom is -0.481 e. The molecule has 0 atom stereocenters. The van der Waals surface area contributed by atoms with Gasteiger partial charge in [-0.3, -0.25) is 24.5 Å². The summed E-state index contributed by atoms with van der Waals surface area (Å²) in [4.78, 5) is 41.9. The molecule has 0 aliphatic rings. The van der Waals surface area contributed by atoms with Crippen LogP contribution in [-0.2, 0) is 32.2 Å². The van der Waals surface area contributed by atoms with Crippen LogP contribution in [0.25, 0.3) is 0 Å². The Balaban J connectivity index is 0.000000385. The standard InChI is InChI=1S/C17H23N3O.C6H8O7/c1-15-7-5-9-17(19-15)14-20(11-6-12-21-2)13-16-8-3-4-10-18-16;7-3(8)1-6(13,5(11)12)2-4(9)10/h3-5,7-10H,6,11-14H2,1-2H3;13H,1-2H2,(H,7,8)(H,9,10)(H,11,12). The van der Waals surface area contributed by atoms with Gasteiger partial charge in [-0.2, -0.15) is 0 Å². The molecule has 2 aromatic rings. The van der Waals surface area contributed by atoms with Gasteiger partial charge in [-0.1, -0.05) is 12.1 Å². The summed E-state index contributed by atoms with van der Waals surface area (Å²) in [5.74, 6) is -5.02. The van der Waals surface area contributed by atoms with E-state index >= 15 is 0 Å². The Morgan fingerprint density at radius 2 is 1.59 bits per heavy atom. The van der Waals surface area contributed by atoms with Crippen LogP contribution in [0.5, 0.6) is 0 Å². The van der Waals surface area contributed by atoms with Gasteiger partial charge >= 0.3 is 17.9 Å². The van der Waals surface area contributed by atoms with E-state index in [0.29, 0.717) is 0 Å². The van der Waals surface area contributed by atoms with E-state index < -0.39 is 36.4 Å². The third kappa shape index (κ3) is 11.5. The number of methoxy groups -OCH3 is 1.